The third kappa shape index (κ3) is 5.77. The molecule has 0 aliphatic carbocycles. The van der Waals surface area contributed by atoms with Gasteiger partial charge in [-0.3, -0.25) is 14.4 Å². The highest BCUT2D eigenvalue weighted by Crippen LogP contribution is 2.33. The molecule has 170 valence electrons. The van der Waals surface area contributed by atoms with E-state index >= 15 is 0 Å². The summed E-state index contributed by atoms with van der Waals surface area (Å²) in [4.78, 5) is 41.8. The van der Waals surface area contributed by atoms with E-state index in [1.165, 1.54) is 12.8 Å². The zero-order valence-electron chi connectivity index (χ0n) is 18.8. The van der Waals surface area contributed by atoms with Crippen molar-refractivity contribution in [3.63, 3.8) is 0 Å². The van der Waals surface area contributed by atoms with Crippen LogP contribution in [0.2, 0.25) is 0 Å². The summed E-state index contributed by atoms with van der Waals surface area (Å²) in [5, 5.41) is 3.04. The minimum Gasteiger partial charge on any atom is -0.495 e. The number of likely N-dealkylation sites (tertiary alicyclic amines) is 1. The number of carbonyl (C=O) groups excluding carboxylic acids is 3. The van der Waals surface area contributed by atoms with Crippen LogP contribution in [0, 0.1) is 11.8 Å². The molecule has 2 unspecified atom stereocenters. The Morgan fingerprint density at radius 3 is 2.71 bits per heavy atom. The third-order valence-electron chi connectivity index (χ3n) is 6.28. The van der Waals surface area contributed by atoms with Crippen molar-refractivity contribution >= 4 is 23.4 Å². The highest BCUT2D eigenvalue weighted by Gasteiger charge is 2.39. The van der Waals surface area contributed by atoms with Gasteiger partial charge in [-0.05, 0) is 31.4 Å². The number of para-hydroxylation sites is 2. The number of rotatable bonds is 9. The minimum absolute atomic E-state index is 0.0220. The summed E-state index contributed by atoms with van der Waals surface area (Å²) in [6, 6.07) is 7.36. The standard InChI is InChI=1S/C24H35N3O4/c1-3-4-5-8-13-25-23(29)18-10-9-14-26(16-18)24(30)19-15-22(28)27(17-19)20-11-6-7-12-21(20)31-2/h6-7,11-12,18-19H,3-5,8-10,13-17H2,1-2H3,(H,25,29). The van der Waals surface area contributed by atoms with Crippen molar-refractivity contribution in [3.8, 4) is 5.75 Å². The van der Waals surface area contributed by atoms with E-state index in [1.807, 2.05) is 24.3 Å². The molecule has 3 rings (SSSR count). The lowest BCUT2D eigenvalue weighted by Gasteiger charge is -2.33. The van der Waals surface area contributed by atoms with Crippen molar-refractivity contribution in [2.24, 2.45) is 11.8 Å². The number of nitrogens with one attached hydrogen (secondary N) is 1. The Balaban J connectivity index is 1.55. The predicted molar refractivity (Wildman–Crippen MR) is 120 cm³/mol. The van der Waals surface area contributed by atoms with Gasteiger partial charge in [0.1, 0.15) is 5.75 Å². The molecule has 2 heterocycles. The molecule has 1 aromatic carbocycles. The molecule has 2 fully saturated rings. The molecule has 2 saturated heterocycles. The number of piperidine rings is 1. The number of anilines is 1. The lowest BCUT2D eigenvalue weighted by molar-refractivity contribution is -0.139. The van der Waals surface area contributed by atoms with Crippen LogP contribution >= 0.6 is 0 Å². The van der Waals surface area contributed by atoms with Crippen LogP contribution in [0.5, 0.6) is 5.75 Å². The summed E-state index contributed by atoms with van der Waals surface area (Å²) in [5.41, 5.74) is 0.698. The number of hydrogen-bond acceptors (Lipinski definition) is 4. The number of methoxy groups -OCH3 is 1. The number of unbranched alkanes of at least 4 members (excludes halogenated alkanes) is 3. The van der Waals surface area contributed by atoms with Crippen LogP contribution in [0.3, 0.4) is 0 Å². The molecule has 2 aliphatic rings. The second kappa shape index (κ2) is 11.2. The van der Waals surface area contributed by atoms with Gasteiger partial charge in [0.15, 0.2) is 0 Å². The van der Waals surface area contributed by atoms with Crippen molar-refractivity contribution < 1.29 is 19.1 Å². The van der Waals surface area contributed by atoms with Gasteiger partial charge in [0.25, 0.3) is 0 Å². The average molecular weight is 430 g/mol. The topological polar surface area (TPSA) is 79.0 Å². The van der Waals surface area contributed by atoms with Crippen molar-refractivity contribution in [1.29, 1.82) is 0 Å². The summed E-state index contributed by atoms with van der Waals surface area (Å²) in [6.07, 6.45) is 6.31. The molecular weight excluding hydrogens is 394 g/mol. The Kier molecular flexibility index (Phi) is 8.32. The second-order valence-corrected chi connectivity index (χ2v) is 8.55. The lowest BCUT2D eigenvalue weighted by Crippen LogP contribution is -2.47. The van der Waals surface area contributed by atoms with Crippen LogP contribution in [-0.2, 0) is 14.4 Å². The van der Waals surface area contributed by atoms with Gasteiger partial charge in [0.05, 0.1) is 24.6 Å². The van der Waals surface area contributed by atoms with E-state index in [-0.39, 0.29) is 36.0 Å². The Bertz CT molecular complexity index is 782. The summed E-state index contributed by atoms with van der Waals surface area (Å²) in [6.45, 7) is 4.31. The average Bonchev–Trinajstić information content (AvgIpc) is 3.19. The van der Waals surface area contributed by atoms with Crippen molar-refractivity contribution in [2.75, 3.05) is 38.2 Å². The number of amides is 3. The van der Waals surface area contributed by atoms with E-state index in [4.69, 9.17) is 4.74 Å². The SMILES string of the molecule is CCCCCCNC(=O)C1CCCN(C(=O)C2CC(=O)N(c3ccccc3OC)C2)C1. The maximum absolute atomic E-state index is 13.2. The zero-order chi connectivity index (χ0) is 22.2. The summed E-state index contributed by atoms with van der Waals surface area (Å²) in [7, 11) is 1.57. The molecule has 0 bridgehead atoms. The van der Waals surface area contributed by atoms with Gasteiger partial charge in [-0.15, -0.1) is 0 Å². The summed E-state index contributed by atoms with van der Waals surface area (Å²) >= 11 is 0. The van der Waals surface area contributed by atoms with Crippen LogP contribution in [-0.4, -0.2) is 55.9 Å². The quantitative estimate of drug-likeness (QED) is 0.612. The zero-order valence-corrected chi connectivity index (χ0v) is 18.8. The largest absolute Gasteiger partial charge is 0.495 e. The third-order valence-corrected chi connectivity index (χ3v) is 6.28. The molecule has 1 aromatic rings. The maximum Gasteiger partial charge on any atom is 0.228 e. The molecule has 7 nitrogen and oxygen atoms in total. The summed E-state index contributed by atoms with van der Waals surface area (Å²) < 4.78 is 5.38. The molecule has 31 heavy (non-hydrogen) atoms. The molecular formula is C24H35N3O4. The van der Waals surface area contributed by atoms with E-state index in [1.54, 1.807) is 16.9 Å². The molecule has 0 spiro atoms. The highest BCUT2D eigenvalue weighted by atomic mass is 16.5. The van der Waals surface area contributed by atoms with Gasteiger partial charge in [-0.1, -0.05) is 38.3 Å². The smallest absolute Gasteiger partial charge is 0.228 e. The molecule has 0 saturated carbocycles. The molecule has 0 radical (unpaired) electrons. The van der Waals surface area contributed by atoms with Gasteiger partial charge in [0, 0.05) is 32.6 Å². The number of hydrogen-bond donors (Lipinski definition) is 1. The van der Waals surface area contributed by atoms with E-state index < -0.39 is 0 Å². The highest BCUT2D eigenvalue weighted by molar-refractivity contribution is 6.01. The first kappa shape index (κ1) is 23.1. The fourth-order valence-electron chi connectivity index (χ4n) is 4.52. The van der Waals surface area contributed by atoms with Crippen molar-refractivity contribution in [1.82, 2.24) is 10.2 Å². The fourth-order valence-corrected chi connectivity index (χ4v) is 4.52. The first-order chi connectivity index (χ1) is 15.0. The van der Waals surface area contributed by atoms with Gasteiger partial charge < -0.3 is 19.9 Å². The molecule has 0 aromatic heterocycles. The minimum atomic E-state index is -0.381. The van der Waals surface area contributed by atoms with Gasteiger partial charge in [-0.2, -0.15) is 0 Å². The number of ether oxygens (including phenoxy) is 1. The molecule has 2 atom stereocenters. The second-order valence-electron chi connectivity index (χ2n) is 8.55. The summed E-state index contributed by atoms with van der Waals surface area (Å²) in [5.74, 6) is 0.0386. The number of benzene rings is 1. The Labute approximate surface area is 185 Å². The van der Waals surface area contributed by atoms with Gasteiger partial charge in [0.2, 0.25) is 17.7 Å². The normalized spacial score (nSPS) is 21.3. The molecule has 2 aliphatic heterocycles. The molecule has 1 N–H and O–H groups in total. The van der Waals surface area contributed by atoms with Crippen LogP contribution in [0.25, 0.3) is 0 Å². The van der Waals surface area contributed by atoms with Crippen LogP contribution < -0.4 is 15.0 Å². The van der Waals surface area contributed by atoms with Gasteiger partial charge in [-0.25, -0.2) is 0 Å². The Hall–Kier alpha value is -2.57. The van der Waals surface area contributed by atoms with E-state index in [9.17, 15) is 14.4 Å². The molecule has 3 amide bonds. The van der Waals surface area contributed by atoms with Crippen molar-refractivity contribution in [2.45, 2.75) is 51.9 Å². The number of carbonyl (C=O) groups is 3. The molecule has 7 heteroatoms. The van der Waals surface area contributed by atoms with Gasteiger partial charge >= 0.3 is 0 Å². The van der Waals surface area contributed by atoms with E-state index in [0.29, 0.717) is 37.6 Å². The Morgan fingerprint density at radius 2 is 1.94 bits per heavy atom. The fraction of sp³-hybridized carbons (Fsp3) is 0.625. The van der Waals surface area contributed by atoms with Crippen LogP contribution in [0.15, 0.2) is 24.3 Å². The van der Waals surface area contributed by atoms with Crippen molar-refractivity contribution in [3.05, 3.63) is 24.3 Å². The van der Waals surface area contributed by atoms with E-state index in [0.717, 1.165) is 25.7 Å². The monoisotopic (exact) mass is 429 g/mol. The number of nitrogens with zero attached hydrogens (tertiary/aromatic N) is 2. The van der Waals surface area contributed by atoms with Crippen LogP contribution in [0.1, 0.15) is 51.9 Å². The Morgan fingerprint density at radius 1 is 1.13 bits per heavy atom. The maximum atomic E-state index is 13.2. The van der Waals surface area contributed by atoms with Crippen LogP contribution in [0.4, 0.5) is 5.69 Å². The lowest BCUT2D eigenvalue weighted by atomic mass is 9.95. The first-order valence-electron chi connectivity index (χ1n) is 11.5. The predicted octanol–water partition coefficient (Wildman–Crippen LogP) is 2.98. The van der Waals surface area contributed by atoms with E-state index in [2.05, 4.69) is 12.2 Å². The first-order valence-corrected chi connectivity index (χ1v) is 11.5.